The Morgan fingerprint density at radius 2 is 1.94 bits per heavy atom. The SMILES string of the molecule is CC(OC(=O)Nc1ccc(Cl)cc1)C(=O)O. The molecule has 0 spiro atoms. The van der Waals surface area contributed by atoms with Gasteiger partial charge in [0.25, 0.3) is 0 Å². The van der Waals surface area contributed by atoms with Crippen LogP contribution in [0.4, 0.5) is 10.5 Å². The van der Waals surface area contributed by atoms with Gasteiger partial charge in [0.1, 0.15) is 0 Å². The highest BCUT2D eigenvalue weighted by Crippen LogP contribution is 2.13. The average Bonchev–Trinajstić information content (AvgIpc) is 2.21. The van der Waals surface area contributed by atoms with Gasteiger partial charge in [-0.05, 0) is 31.2 Å². The summed E-state index contributed by atoms with van der Waals surface area (Å²) in [5.41, 5.74) is 0.479. The van der Waals surface area contributed by atoms with Gasteiger partial charge in [-0.1, -0.05) is 11.6 Å². The normalized spacial score (nSPS) is 11.6. The van der Waals surface area contributed by atoms with Gasteiger partial charge in [0, 0.05) is 10.7 Å². The van der Waals surface area contributed by atoms with Crippen LogP contribution in [0.5, 0.6) is 0 Å². The molecule has 0 saturated carbocycles. The first-order valence-electron chi connectivity index (χ1n) is 4.45. The molecular formula is C10H10ClNO4. The van der Waals surface area contributed by atoms with E-state index in [0.29, 0.717) is 10.7 Å². The minimum atomic E-state index is -1.20. The molecule has 0 radical (unpaired) electrons. The third kappa shape index (κ3) is 3.78. The van der Waals surface area contributed by atoms with Crippen molar-refractivity contribution in [2.75, 3.05) is 5.32 Å². The number of carboxylic acid groups (broad SMARTS) is 1. The van der Waals surface area contributed by atoms with E-state index in [9.17, 15) is 9.59 Å². The number of amides is 1. The minimum absolute atomic E-state index is 0.479. The molecule has 0 aliphatic rings. The second kappa shape index (κ2) is 5.37. The Kier molecular flexibility index (Phi) is 4.13. The highest BCUT2D eigenvalue weighted by molar-refractivity contribution is 6.30. The van der Waals surface area contributed by atoms with E-state index in [1.165, 1.54) is 6.92 Å². The Morgan fingerprint density at radius 1 is 1.38 bits per heavy atom. The zero-order valence-electron chi connectivity index (χ0n) is 8.44. The summed E-state index contributed by atoms with van der Waals surface area (Å²) in [5, 5.41) is 11.4. The van der Waals surface area contributed by atoms with Crippen LogP contribution in [0.1, 0.15) is 6.92 Å². The number of carbonyl (C=O) groups excluding carboxylic acids is 1. The van der Waals surface area contributed by atoms with Crippen molar-refractivity contribution in [2.24, 2.45) is 0 Å². The number of ether oxygens (including phenoxy) is 1. The first-order chi connectivity index (χ1) is 7.49. The van der Waals surface area contributed by atoms with Crippen LogP contribution in [-0.4, -0.2) is 23.3 Å². The monoisotopic (exact) mass is 243 g/mol. The highest BCUT2D eigenvalue weighted by atomic mass is 35.5. The lowest BCUT2D eigenvalue weighted by Gasteiger charge is -2.09. The third-order valence-electron chi connectivity index (χ3n) is 1.72. The van der Waals surface area contributed by atoms with E-state index >= 15 is 0 Å². The fourth-order valence-electron chi connectivity index (χ4n) is 0.892. The van der Waals surface area contributed by atoms with Crippen molar-refractivity contribution < 1.29 is 19.4 Å². The predicted molar refractivity (Wildman–Crippen MR) is 58.7 cm³/mol. The van der Waals surface area contributed by atoms with Crippen molar-refractivity contribution in [3.63, 3.8) is 0 Å². The summed E-state index contributed by atoms with van der Waals surface area (Å²) in [7, 11) is 0. The number of halogens is 1. The molecular weight excluding hydrogens is 234 g/mol. The minimum Gasteiger partial charge on any atom is -0.479 e. The molecule has 0 heterocycles. The molecule has 2 N–H and O–H groups in total. The van der Waals surface area contributed by atoms with E-state index in [4.69, 9.17) is 16.7 Å². The van der Waals surface area contributed by atoms with Crippen LogP contribution < -0.4 is 5.32 Å². The van der Waals surface area contributed by atoms with Crippen LogP contribution in [0.2, 0.25) is 5.02 Å². The van der Waals surface area contributed by atoms with Crippen molar-refractivity contribution in [3.8, 4) is 0 Å². The van der Waals surface area contributed by atoms with Crippen molar-refractivity contribution in [1.29, 1.82) is 0 Å². The molecule has 0 bridgehead atoms. The number of aliphatic carboxylic acids is 1. The van der Waals surface area contributed by atoms with Gasteiger partial charge in [-0.25, -0.2) is 9.59 Å². The molecule has 1 amide bonds. The van der Waals surface area contributed by atoms with Crippen molar-refractivity contribution >= 4 is 29.4 Å². The fraction of sp³-hybridized carbons (Fsp3) is 0.200. The van der Waals surface area contributed by atoms with E-state index in [1.54, 1.807) is 24.3 Å². The summed E-state index contributed by atoms with van der Waals surface area (Å²) in [4.78, 5) is 21.6. The van der Waals surface area contributed by atoms with Crippen LogP contribution in [0, 0.1) is 0 Å². The molecule has 5 nitrogen and oxygen atoms in total. The second-order valence-corrected chi connectivity index (χ2v) is 3.45. The lowest BCUT2D eigenvalue weighted by atomic mass is 10.3. The second-order valence-electron chi connectivity index (χ2n) is 3.02. The molecule has 1 unspecified atom stereocenters. The molecule has 6 heteroatoms. The zero-order chi connectivity index (χ0) is 12.1. The molecule has 0 aromatic heterocycles. The van der Waals surface area contributed by atoms with Crippen LogP contribution >= 0.6 is 11.6 Å². The molecule has 1 aromatic carbocycles. The Bertz CT molecular complexity index is 390. The number of rotatable bonds is 3. The zero-order valence-corrected chi connectivity index (χ0v) is 9.19. The Labute approximate surface area is 97.0 Å². The summed E-state index contributed by atoms with van der Waals surface area (Å²) in [6.45, 7) is 1.27. The number of hydrogen-bond acceptors (Lipinski definition) is 3. The average molecular weight is 244 g/mol. The van der Waals surface area contributed by atoms with Gasteiger partial charge in [-0.2, -0.15) is 0 Å². The van der Waals surface area contributed by atoms with E-state index in [0.717, 1.165) is 0 Å². The molecule has 0 saturated heterocycles. The van der Waals surface area contributed by atoms with Crippen molar-refractivity contribution in [3.05, 3.63) is 29.3 Å². The number of hydrogen-bond donors (Lipinski definition) is 2. The number of nitrogens with one attached hydrogen (secondary N) is 1. The predicted octanol–water partition coefficient (Wildman–Crippen LogP) is 2.36. The Hall–Kier alpha value is -1.75. The maximum atomic E-state index is 11.2. The first-order valence-corrected chi connectivity index (χ1v) is 4.83. The van der Waals surface area contributed by atoms with Gasteiger partial charge in [0.05, 0.1) is 0 Å². The summed E-state index contributed by atoms with van der Waals surface area (Å²) >= 11 is 5.65. The number of anilines is 1. The van der Waals surface area contributed by atoms with Gasteiger partial charge in [-0.3, -0.25) is 5.32 Å². The van der Waals surface area contributed by atoms with Crippen LogP contribution in [0.3, 0.4) is 0 Å². The van der Waals surface area contributed by atoms with Gasteiger partial charge >= 0.3 is 12.1 Å². The smallest absolute Gasteiger partial charge is 0.412 e. The highest BCUT2D eigenvalue weighted by Gasteiger charge is 2.15. The lowest BCUT2D eigenvalue weighted by molar-refractivity contribution is -0.145. The van der Waals surface area contributed by atoms with E-state index < -0.39 is 18.2 Å². The molecule has 1 aromatic rings. The van der Waals surface area contributed by atoms with Gasteiger partial charge in [-0.15, -0.1) is 0 Å². The molecule has 0 fully saturated rings. The van der Waals surface area contributed by atoms with Crippen molar-refractivity contribution in [2.45, 2.75) is 13.0 Å². The van der Waals surface area contributed by atoms with E-state index in [1.807, 2.05) is 0 Å². The molecule has 1 atom stereocenters. The number of carboxylic acids is 1. The van der Waals surface area contributed by atoms with E-state index in [-0.39, 0.29) is 0 Å². The van der Waals surface area contributed by atoms with Gasteiger partial charge in [0.2, 0.25) is 0 Å². The summed E-state index contributed by atoms with van der Waals surface area (Å²) in [5.74, 6) is -1.20. The molecule has 0 aliphatic carbocycles. The van der Waals surface area contributed by atoms with Crippen LogP contribution in [0.15, 0.2) is 24.3 Å². The molecule has 86 valence electrons. The van der Waals surface area contributed by atoms with E-state index in [2.05, 4.69) is 10.1 Å². The third-order valence-corrected chi connectivity index (χ3v) is 1.97. The summed E-state index contributed by atoms with van der Waals surface area (Å²) in [6.07, 6.45) is -2.01. The van der Waals surface area contributed by atoms with Crippen molar-refractivity contribution in [1.82, 2.24) is 0 Å². The number of benzene rings is 1. The Morgan fingerprint density at radius 3 is 2.44 bits per heavy atom. The van der Waals surface area contributed by atoms with Crippen LogP contribution in [0.25, 0.3) is 0 Å². The topological polar surface area (TPSA) is 75.6 Å². The molecule has 0 aliphatic heterocycles. The first kappa shape index (κ1) is 12.3. The van der Waals surface area contributed by atoms with Gasteiger partial charge in [0.15, 0.2) is 6.10 Å². The molecule has 16 heavy (non-hydrogen) atoms. The fourth-order valence-corrected chi connectivity index (χ4v) is 1.02. The lowest BCUT2D eigenvalue weighted by Crippen LogP contribution is -2.26. The quantitative estimate of drug-likeness (QED) is 0.855. The number of carbonyl (C=O) groups is 2. The summed E-state index contributed by atoms with van der Waals surface area (Å²) in [6, 6.07) is 6.35. The van der Waals surface area contributed by atoms with Gasteiger partial charge < -0.3 is 9.84 Å². The summed E-state index contributed by atoms with van der Waals surface area (Å²) < 4.78 is 4.56. The standard InChI is InChI=1S/C10H10ClNO4/c1-6(9(13)14)16-10(15)12-8-4-2-7(11)3-5-8/h2-6H,1H3,(H,12,15)(H,13,14). The maximum Gasteiger partial charge on any atom is 0.412 e. The maximum absolute atomic E-state index is 11.2. The Balaban J connectivity index is 2.52. The molecule has 1 rings (SSSR count). The van der Waals surface area contributed by atoms with Crippen LogP contribution in [-0.2, 0) is 9.53 Å². The largest absolute Gasteiger partial charge is 0.479 e.